The predicted octanol–water partition coefficient (Wildman–Crippen LogP) is 2.76. The van der Waals surface area contributed by atoms with Crippen LogP contribution in [-0.4, -0.2) is 32.3 Å². The van der Waals surface area contributed by atoms with E-state index in [0.29, 0.717) is 53.4 Å². The first-order valence-corrected chi connectivity index (χ1v) is 10.0. The summed E-state index contributed by atoms with van der Waals surface area (Å²) in [4.78, 5) is 32.6. The Labute approximate surface area is 172 Å². The molecule has 154 valence electrons. The van der Waals surface area contributed by atoms with Crippen molar-refractivity contribution in [1.82, 2.24) is 18.7 Å². The number of benzene rings is 1. The Morgan fingerprint density at radius 1 is 1.24 bits per heavy atom. The monoisotopic (exact) mass is 417 g/mol. The van der Waals surface area contributed by atoms with E-state index in [9.17, 15) is 9.59 Å². The first-order valence-electron chi connectivity index (χ1n) is 9.64. The summed E-state index contributed by atoms with van der Waals surface area (Å²) in [6.07, 6.45) is 0.757. The van der Waals surface area contributed by atoms with Crippen LogP contribution in [0.5, 0.6) is 5.75 Å². The number of ether oxygens (including phenoxy) is 1. The topological polar surface area (TPSA) is 74.3 Å². The minimum Gasteiger partial charge on any atom is -0.495 e. The molecule has 0 unspecified atom stereocenters. The summed E-state index contributed by atoms with van der Waals surface area (Å²) < 4.78 is 10.1. The highest BCUT2D eigenvalue weighted by Crippen LogP contribution is 2.38. The number of imidazole rings is 1. The van der Waals surface area contributed by atoms with Crippen LogP contribution in [0.25, 0.3) is 11.2 Å². The van der Waals surface area contributed by atoms with Crippen molar-refractivity contribution in [3.63, 3.8) is 0 Å². The number of nitrogens with zero attached hydrogens (tertiary/aromatic N) is 5. The number of hydrogen-bond acceptors (Lipinski definition) is 5. The van der Waals surface area contributed by atoms with Gasteiger partial charge in [0.1, 0.15) is 5.75 Å². The number of rotatable bonds is 5. The summed E-state index contributed by atoms with van der Waals surface area (Å²) >= 11 is 6.20. The number of hydrogen-bond donors (Lipinski definition) is 0. The molecule has 0 N–H and O–H groups in total. The van der Waals surface area contributed by atoms with Gasteiger partial charge in [0.05, 0.1) is 12.8 Å². The summed E-state index contributed by atoms with van der Waals surface area (Å²) in [6, 6.07) is 5.38. The van der Waals surface area contributed by atoms with Crippen LogP contribution in [0.4, 0.5) is 11.6 Å². The molecule has 9 heteroatoms. The van der Waals surface area contributed by atoms with Gasteiger partial charge in [-0.25, -0.2) is 4.79 Å². The van der Waals surface area contributed by atoms with Crippen molar-refractivity contribution in [2.24, 2.45) is 13.0 Å². The van der Waals surface area contributed by atoms with Crippen LogP contribution in [0, 0.1) is 5.92 Å². The van der Waals surface area contributed by atoms with Gasteiger partial charge in [-0.2, -0.15) is 4.98 Å². The number of methoxy groups -OCH3 is 1. The van der Waals surface area contributed by atoms with E-state index in [0.717, 1.165) is 12.1 Å². The van der Waals surface area contributed by atoms with E-state index in [2.05, 4.69) is 18.8 Å². The molecule has 29 heavy (non-hydrogen) atoms. The molecular weight excluding hydrogens is 394 g/mol. The summed E-state index contributed by atoms with van der Waals surface area (Å²) in [5.74, 6) is 1.66. The Morgan fingerprint density at radius 2 is 2.00 bits per heavy atom. The Morgan fingerprint density at radius 3 is 2.69 bits per heavy atom. The number of aryl methyl sites for hydroxylation is 1. The van der Waals surface area contributed by atoms with Crippen LogP contribution in [0.1, 0.15) is 20.3 Å². The van der Waals surface area contributed by atoms with Crippen molar-refractivity contribution in [3.05, 3.63) is 44.1 Å². The molecule has 0 aliphatic carbocycles. The molecule has 1 aliphatic rings. The van der Waals surface area contributed by atoms with E-state index >= 15 is 0 Å². The molecule has 3 aromatic rings. The maximum absolute atomic E-state index is 13.2. The molecule has 0 spiro atoms. The van der Waals surface area contributed by atoms with Crippen molar-refractivity contribution in [3.8, 4) is 5.75 Å². The third-order valence-electron chi connectivity index (χ3n) is 5.36. The molecule has 2 aromatic heterocycles. The van der Waals surface area contributed by atoms with Gasteiger partial charge < -0.3 is 14.2 Å². The largest absolute Gasteiger partial charge is 0.495 e. The lowest BCUT2D eigenvalue weighted by molar-refractivity contribution is 0.415. The molecule has 4 rings (SSSR count). The molecule has 3 heterocycles. The average molecular weight is 418 g/mol. The zero-order valence-corrected chi connectivity index (χ0v) is 17.7. The van der Waals surface area contributed by atoms with Gasteiger partial charge in [0, 0.05) is 31.7 Å². The second kappa shape index (κ2) is 7.26. The molecule has 0 atom stereocenters. The van der Waals surface area contributed by atoms with Crippen LogP contribution < -0.4 is 20.9 Å². The maximum Gasteiger partial charge on any atom is 0.332 e. The fraction of sp³-hybridized carbons (Fsp3) is 0.450. The lowest BCUT2D eigenvalue weighted by Gasteiger charge is -2.19. The Bertz CT molecular complexity index is 1210. The molecule has 1 aromatic carbocycles. The maximum atomic E-state index is 13.2. The van der Waals surface area contributed by atoms with Crippen LogP contribution in [0.3, 0.4) is 0 Å². The molecule has 0 amide bonds. The lowest BCUT2D eigenvalue weighted by atomic mass is 10.1. The van der Waals surface area contributed by atoms with Gasteiger partial charge in [-0.1, -0.05) is 25.4 Å². The fourth-order valence-corrected chi connectivity index (χ4v) is 3.93. The van der Waals surface area contributed by atoms with Crippen LogP contribution in [-0.2, 0) is 20.1 Å². The minimum atomic E-state index is -0.341. The molecule has 8 nitrogen and oxygen atoms in total. The van der Waals surface area contributed by atoms with Crippen LogP contribution in [0.15, 0.2) is 27.8 Å². The predicted molar refractivity (Wildman–Crippen MR) is 114 cm³/mol. The second-order valence-electron chi connectivity index (χ2n) is 7.68. The van der Waals surface area contributed by atoms with Crippen LogP contribution >= 0.6 is 11.6 Å². The summed E-state index contributed by atoms with van der Waals surface area (Å²) in [7, 11) is 3.26. The molecular formula is C20H24ClN5O3. The average Bonchev–Trinajstić information content (AvgIpc) is 3.25. The standard InChI is InChI=1S/C20H24ClN5O3/c1-12(2)7-8-26-18(27)16-17(23(3)20(26)28)22-19-24(9-10-25(16)19)14-11-13(21)5-6-15(14)29-4/h5-6,11-12H,7-10H2,1-4H3. The summed E-state index contributed by atoms with van der Waals surface area (Å²) in [5, 5.41) is 0.582. The van der Waals surface area contributed by atoms with Gasteiger partial charge in [0.2, 0.25) is 5.95 Å². The number of fused-ring (bicyclic) bond motifs is 3. The summed E-state index contributed by atoms with van der Waals surface area (Å²) in [5.41, 5.74) is 0.990. The lowest BCUT2D eigenvalue weighted by Crippen LogP contribution is -2.40. The minimum absolute atomic E-state index is 0.289. The van der Waals surface area contributed by atoms with Crippen molar-refractivity contribution in [2.45, 2.75) is 33.4 Å². The van der Waals surface area contributed by atoms with Crippen molar-refractivity contribution < 1.29 is 4.74 Å². The molecule has 0 saturated carbocycles. The first kappa shape index (κ1) is 19.6. The molecule has 0 saturated heterocycles. The SMILES string of the molecule is COc1ccc(Cl)cc1N1CCn2c1nc1c2c(=O)n(CCC(C)C)c(=O)n1C. The van der Waals surface area contributed by atoms with E-state index in [1.165, 1.54) is 9.13 Å². The normalized spacial score (nSPS) is 13.5. The van der Waals surface area contributed by atoms with Crippen LogP contribution in [0.2, 0.25) is 5.02 Å². The number of aromatic nitrogens is 4. The first-order chi connectivity index (χ1) is 13.8. The fourth-order valence-electron chi connectivity index (χ4n) is 3.76. The van der Waals surface area contributed by atoms with E-state index in [4.69, 9.17) is 16.3 Å². The summed E-state index contributed by atoms with van der Waals surface area (Å²) in [6.45, 7) is 5.75. The zero-order valence-electron chi connectivity index (χ0n) is 17.0. The molecule has 0 radical (unpaired) electrons. The number of anilines is 2. The third-order valence-corrected chi connectivity index (χ3v) is 5.60. The van der Waals surface area contributed by atoms with E-state index in [-0.39, 0.29) is 11.2 Å². The van der Waals surface area contributed by atoms with Crippen molar-refractivity contribution >= 4 is 34.4 Å². The van der Waals surface area contributed by atoms with E-state index < -0.39 is 0 Å². The quantitative estimate of drug-likeness (QED) is 0.638. The highest BCUT2D eigenvalue weighted by molar-refractivity contribution is 6.31. The van der Waals surface area contributed by atoms with Gasteiger partial charge in [0.25, 0.3) is 5.56 Å². The van der Waals surface area contributed by atoms with Gasteiger partial charge in [0.15, 0.2) is 11.2 Å². The second-order valence-corrected chi connectivity index (χ2v) is 8.12. The van der Waals surface area contributed by atoms with Gasteiger partial charge in [-0.3, -0.25) is 13.9 Å². The smallest absolute Gasteiger partial charge is 0.332 e. The Hall–Kier alpha value is -2.74. The highest BCUT2D eigenvalue weighted by Gasteiger charge is 2.30. The van der Waals surface area contributed by atoms with Gasteiger partial charge in [-0.05, 0) is 30.5 Å². The van der Waals surface area contributed by atoms with Gasteiger partial charge in [-0.15, -0.1) is 0 Å². The highest BCUT2D eigenvalue weighted by atomic mass is 35.5. The molecule has 1 aliphatic heterocycles. The van der Waals surface area contributed by atoms with E-state index in [1.807, 2.05) is 15.5 Å². The van der Waals surface area contributed by atoms with Crippen molar-refractivity contribution in [2.75, 3.05) is 18.6 Å². The third kappa shape index (κ3) is 3.11. The van der Waals surface area contributed by atoms with Crippen molar-refractivity contribution in [1.29, 1.82) is 0 Å². The zero-order chi connectivity index (χ0) is 20.9. The Balaban J connectivity index is 1.91. The molecule has 0 fully saturated rings. The van der Waals surface area contributed by atoms with Gasteiger partial charge >= 0.3 is 5.69 Å². The van der Waals surface area contributed by atoms with E-state index in [1.54, 1.807) is 26.3 Å². The molecule has 0 bridgehead atoms. The number of halogens is 1. The Kier molecular flexibility index (Phi) is 4.90.